The third kappa shape index (κ3) is 4.79. The zero-order valence-corrected chi connectivity index (χ0v) is 13.3. The Labute approximate surface area is 132 Å². The second-order valence-electron chi connectivity index (χ2n) is 5.40. The predicted octanol–water partition coefficient (Wildman–Crippen LogP) is 3.81. The van der Waals surface area contributed by atoms with Crippen molar-refractivity contribution in [1.29, 1.82) is 0 Å². The standard InChI is InChI=1S/C20H20O2/c1-15-12-16(2)14-19(13-15)9-8-17-4-6-18(7-5-17)10-11-20(21)22-3/h4-7,12-14H,10-11H2,1-3H3. The zero-order valence-electron chi connectivity index (χ0n) is 13.3. The first kappa shape index (κ1) is 15.9. The molecule has 0 aliphatic carbocycles. The molecule has 0 radical (unpaired) electrons. The number of carbonyl (C=O) groups excluding carboxylic acids is 1. The molecule has 0 fully saturated rings. The Hall–Kier alpha value is -2.53. The van der Waals surface area contributed by atoms with Crippen LogP contribution in [0.5, 0.6) is 0 Å². The van der Waals surface area contributed by atoms with Gasteiger partial charge in [0.15, 0.2) is 0 Å². The Bertz CT molecular complexity index is 695. The lowest BCUT2D eigenvalue weighted by atomic mass is 10.1. The van der Waals surface area contributed by atoms with Crippen LogP contribution in [0.3, 0.4) is 0 Å². The fourth-order valence-electron chi connectivity index (χ4n) is 2.29. The van der Waals surface area contributed by atoms with E-state index in [1.807, 2.05) is 24.3 Å². The molecule has 2 aromatic carbocycles. The van der Waals surface area contributed by atoms with Gasteiger partial charge in [-0.25, -0.2) is 0 Å². The van der Waals surface area contributed by atoms with Crippen molar-refractivity contribution in [3.8, 4) is 11.8 Å². The molecule has 0 spiro atoms. The second kappa shape index (κ2) is 7.47. The summed E-state index contributed by atoms with van der Waals surface area (Å²) in [5.74, 6) is 6.19. The first-order chi connectivity index (χ1) is 10.6. The Kier molecular flexibility index (Phi) is 5.38. The molecule has 2 rings (SSSR count). The van der Waals surface area contributed by atoms with Gasteiger partial charge in [0.05, 0.1) is 7.11 Å². The number of esters is 1. The lowest BCUT2D eigenvalue weighted by Crippen LogP contribution is -2.01. The number of ether oxygens (including phenoxy) is 1. The highest BCUT2D eigenvalue weighted by Crippen LogP contribution is 2.09. The molecule has 0 amide bonds. The lowest BCUT2D eigenvalue weighted by Gasteiger charge is -2.01. The summed E-state index contributed by atoms with van der Waals surface area (Å²) in [6, 6.07) is 14.3. The molecule has 112 valence electrons. The van der Waals surface area contributed by atoms with Gasteiger partial charge in [-0.3, -0.25) is 4.79 Å². The van der Waals surface area contributed by atoms with Gasteiger partial charge >= 0.3 is 5.97 Å². The number of aryl methyl sites for hydroxylation is 3. The van der Waals surface area contributed by atoms with E-state index < -0.39 is 0 Å². The summed E-state index contributed by atoms with van der Waals surface area (Å²) >= 11 is 0. The summed E-state index contributed by atoms with van der Waals surface area (Å²) in [7, 11) is 1.41. The first-order valence-electron chi connectivity index (χ1n) is 7.33. The summed E-state index contributed by atoms with van der Waals surface area (Å²) < 4.78 is 4.64. The van der Waals surface area contributed by atoms with Crippen molar-refractivity contribution < 1.29 is 9.53 Å². The molecule has 0 heterocycles. The average molecular weight is 292 g/mol. The Balaban J connectivity index is 2.05. The highest BCUT2D eigenvalue weighted by Gasteiger charge is 2.01. The molecule has 0 bridgehead atoms. The summed E-state index contributed by atoms with van der Waals surface area (Å²) in [6.45, 7) is 4.16. The minimum Gasteiger partial charge on any atom is -0.469 e. The highest BCUT2D eigenvalue weighted by atomic mass is 16.5. The van der Waals surface area contributed by atoms with Gasteiger partial charge in [-0.1, -0.05) is 30.0 Å². The average Bonchev–Trinajstić information content (AvgIpc) is 2.50. The van der Waals surface area contributed by atoms with E-state index in [1.54, 1.807) is 0 Å². The fraction of sp³-hybridized carbons (Fsp3) is 0.250. The van der Waals surface area contributed by atoms with Crippen molar-refractivity contribution in [2.75, 3.05) is 7.11 Å². The minimum atomic E-state index is -0.182. The van der Waals surface area contributed by atoms with Gasteiger partial charge in [0.25, 0.3) is 0 Å². The number of benzene rings is 2. The Morgan fingerprint density at radius 3 is 2.14 bits per heavy atom. The fourth-order valence-corrected chi connectivity index (χ4v) is 2.29. The summed E-state index contributed by atoms with van der Waals surface area (Å²) in [5.41, 5.74) is 5.57. The smallest absolute Gasteiger partial charge is 0.305 e. The van der Waals surface area contributed by atoms with Crippen LogP contribution in [0, 0.1) is 25.7 Å². The predicted molar refractivity (Wildman–Crippen MR) is 88.7 cm³/mol. The molecular formula is C20H20O2. The summed E-state index contributed by atoms with van der Waals surface area (Å²) in [6.07, 6.45) is 1.10. The maximum absolute atomic E-state index is 11.1. The summed E-state index contributed by atoms with van der Waals surface area (Å²) in [4.78, 5) is 11.1. The molecule has 2 nitrogen and oxygen atoms in total. The number of carbonyl (C=O) groups is 1. The molecule has 2 heteroatoms. The highest BCUT2D eigenvalue weighted by molar-refractivity contribution is 5.69. The van der Waals surface area contributed by atoms with Crippen molar-refractivity contribution in [1.82, 2.24) is 0 Å². The molecule has 0 aliphatic rings. The van der Waals surface area contributed by atoms with Crippen LogP contribution in [0.15, 0.2) is 42.5 Å². The van der Waals surface area contributed by atoms with E-state index in [-0.39, 0.29) is 5.97 Å². The van der Waals surface area contributed by atoms with Crippen LogP contribution >= 0.6 is 0 Å². The lowest BCUT2D eigenvalue weighted by molar-refractivity contribution is -0.140. The van der Waals surface area contributed by atoms with Crippen molar-refractivity contribution in [2.24, 2.45) is 0 Å². The number of hydrogen-bond acceptors (Lipinski definition) is 2. The van der Waals surface area contributed by atoms with E-state index in [2.05, 4.69) is 48.6 Å². The topological polar surface area (TPSA) is 26.3 Å². The van der Waals surface area contributed by atoms with E-state index >= 15 is 0 Å². The maximum Gasteiger partial charge on any atom is 0.305 e. The van der Waals surface area contributed by atoms with Gasteiger partial charge in [-0.05, 0) is 61.2 Å². The number of hydrogen-bond donors (Lipinski definition) is 0. The third-order valence-corrected chi connectivity index (χ3v) is 3.37. The van der Waals surface area contributed by atoms with Crippen LogP contribution in [0.2, 0.25) is 0 Å². The molecule has 0 saturated heterocycles. The van der Waals surface area contributed by atoms with Crippen LogP contribution < -0.4 is 0 Å². The zero-order chi connectivity index (χ0) is 15.9. The summed E-state index contributed by atoms with van der Waals surface area (Å²) in [5, 5.41) is 0. The Morgan fingerprint density at radius 1 is 0.955 bits per heavy atom. The number of rotatable bonds is 3. The van der Waals surface area contributed by atoms with E-state index in [0.717, 1.165) is 16.7 Å². The van der Waals surface area contributed by atoms with E-state index in [4.69, 9.17) is 0 Å². The Morgan fingerprint density at radius 2 is 1.55 bits per heavy atom. The van der Waals surface area contributed by atoms with Crippen molar-refractivity contribution >= 4 is 5.97 Å². The molecule has 22 heavy (non-hydrogen) atoms. The van der Waals surface area contributed by atoms with Gasteiger partial charge in [-0.2, -0.15) is 0 Å². The van der Waals surface area contributed by atoms with Gasteiger partial charge in [0, 0.05) is 17.5 Å². The van der Waals surface area contributed by atoms with E-state index in [1.165, 1.54) is 18.2 Å². The van der Waals surface area contributed by atoms with Crippen LogP contribution in [0.25, 0.3) is 0 Å². The number of methoxy groups -OCH3 is 1. The first-order valence-corrected chi connectivity index (χ1v) is 7.33. The van der Waals surface area contributed by atoms with Crippen LogP contribution in [-0.4, -0.2) is 13.1 Å². The molecular weight excluding hydrogens is 272 g/mol. The van der Waals surface area contributed by atoms with E-state index in [9.17, 15) is 4.79 Å². The van der Waals surface area contributed by atoms with Crippen molar-refractivity contribution in [3.05, 3.63) is 70.3 Å². The monoisotopic (exact) mass is 292 g/mol. The van der Waals surface area contributed by atoms with Gasteiger partial charge in [0.2, 0.25) is 0 Å². The molecule has 0 N–H and O–H groups in total. The molecule has 0 aliphatic heterocycles. The second-order valence-corrected chi connectivity index (χ2v) is 5.40. The van der Waals surface area contributed by atoms with Gasteiger partial charge in [0.1, 0.15) is 0 Å². The van der Waals surface area contributed by atoms with Gasteiger partial charge in [-0.15, -0.1) is 0 Å². The van der Waals surface area contributed by atoms with Crippen molar-refractivity contribution in [3.63, 3.8) is 0 Å². The molecule has 0 atom stereocenters. The molecule has 0 aromatic heterocycles. The normalized spacial score (nSPS) is 9.77. The van der Waals surface area contributed by atoms with Gasteiger partial charge < -0.3 is 4.74 Å². The quantitative estimate of drug-likeness (QED) is 0.635. The largest absolute Gasteiger partial charge is 0.469 e. The van der Waals surface area contributed by atoms with Crippen molar-refractivity contribution in [2.45, 2.75) is 26.7 Å². The van der Waals surface area contributed by atoms with Crippen LogP contribution in [-0.2, 0) is 16.0 Å². The minimum absolute atomic E-state index is 0.182. The maximum atomic E-state index is 11.1. The molecule has 0 saturated carbocycles. The molecule has 2 aromatic rings. The van der Waals surface area contributed by atoms with E-state index in [0.29, 0.717) is 12.8 Å². The van der Waals surface area contributed by atoms with Crippen LogP contribution in [0.1, 0.15) is 34.2 Å². The SMILES string of the molecule is COC(=O)CCc1ccc(C#Cc2cc(C)cc(C)c2)cc1. The third-order valence-electron chi connectivity index (χ3n) is 3.37. The van der Waals surface area contributed by atoms with Crippen LogP contribution in [0.4, 0.5) is 0 Å². The molecule has 0 unspecified atom stereocenters.